The normalized spacial score (nSPS) is 26.3. The molecule has 3 heterocycles. The Hall–Kier alpha value is -2.66. The number of hydrogen-bond donors (Lipinski definition) is 1. The zero-order chi connectivity index (χ0) is 19.3. The number of para-hydroxylation sites is 1. The van der Waals surface area contributed by atoms with E-state index in [4.69, 9.17) is 0 Å². The van der Waals surface area contributed by atoms with Crippen LogP contribution in [0.5, 0.6) is 0 Å². The van der Waals surface area contributed by atoms with Gasteiger partial charge in [-0.3, -0.25) is 9.48 Å². The summed E-state index contributed by atoms with van der Waals surface area (Å²) in [5.41, 5.74) is 2.46. The number of aliphatic hydroxyl groups excluding tert-OH is 1. The van der Waals surface area contributed by atoms with E-state index in [9.17, 15) is 9.90 Å². The van der Waals surface area contributed by atoms with Crippen LogP contribution in [-0.4, -0.2) is 44.4 Å². The molecule has 5 heteroatoms. The summed E-state index contributed by atoms with van der Waals surface area (Å²) in [4.78, 5) is 15.6. The van der Waals surface area contributed by atoms with E-state index in [1.165, 1.54) is 5.56 Å². The second-order valence-corrected chi connectivity index (χ2v) is 8.34. The van der Waals surface area contributed by atoms with Crippen LogP contribution in [0, 0.1) is 5.41 Å². The standard InChI is InChI=1S/C23H25N3O2/c1-25-19-10-6-5-9-18(19)21(24-25)22(28)26-17-11-12-20(26)23(14-17,15-27)13-16-7-3-2-4-8-16/h2-10,17,20,27H,11-15H2,1H3/t17-,20+,23-/m0/s1. The number of benzene rings is 2. The van der Waals surface area contributed by atoms with Crippen molar-refractivity contribution in [2.45, 2.75) is 37.8 Å². The third kappa shape index (κ3) is 2.49. The van der Waals surface area contributed by atoms with Crippen LogP contribution in [0.3, 0.4) is 0 Å². The summed E-state index contributed by atoms with van der Waals surface area (Å²) in [5, 5.41) is 15.8. The molecule has 0 radical (unpaired) electrons. The van der Waals surface area contributed by atoms with E-state index in [0.717, 1.165) is 36.6 Å². The smallest absolute Gasteiger partial charge is 0.275 e. The van der Waals surface area contributed by atoms with Gasteiger partial charge in [0.2, 0.25) is 0 Å². The lowest BCUT2D eigenvalue weighted by molar-refractivity contribution is 0.0567. The van der Waals surface area contributed by atoms with Crippen molar-refractivity contribution in [3.63, 3.8) is 0 Å². The van der Waals surface area contributed by atoms with Crippen molar-refractivity contribution < 1.29 is 9.90 Å². The molecule has 144 valence electrons. The third-order valence-electron chi connectivity index (χ3n) is 6.76. The quantitative estimate of drug-likeness (QED) is 0.762. The van der Waals surface area contributed by atoms with Crippen LogP contribution in [0.1, 0.15) is 35.3 Å². The Kier molecular flexibility index (Phi) is 4.02. The van der Waals surface area contributed by atoms with Crippen LogP contribution >= 0.6 is 0 Å². The number of aromatic nitrogens is 2. The predicted molar refractivity (Wildman–Crippen MR) is 108 cm³/mol. The molecule has 5 nitrogen and oxygen atoms in total. The molecule has 2 fully saturated rings. The van der Waals surface area contributed by atoms with Crippen molar-refractivity contribution in [2.24, 2.45) is 12.5 Å². The molecule has 0 unspecified atom stereocenters. The van der Waals surface area contributed by atoms with Gasteiger partial charge in [-0.1, -0.05) is 48.5 Å². The molecule has 3 aromatic rings. The fourth-order valence-corrected chi connectivity index (χ4v) is 5.51. The molecule has 0 spiro atoms. The largest absolute Gasteiger partial charge is 0.396 e. The Labute approximate surface area is 164 Å². The summed E-state index contributed by atoms with van der Waals surface area (Å²) in [5.74, 6) is 0.00712. The molecule has 1 amide bonds. The van der Waals surface area contributed by atoms with Gasteiger partial charge in [-0.05, 0) is 37.3 Å². The van der Waals surface area contributed by atoms with Crippen LogP contribution in [0.15, 0.2) is 54.6 Å². The number of amides is 1. The highest BCUT2D eigenvalue weighted by atomic mass is 16.3. The van der Waals surface area contributed by atoms with Gasteiger partial charge in [-0.15, -0.1) is 0 Å². The highest BCUT2D eigenvalue weighted by Crippen LogP contribution is 2.51. The summed E-state index contributed by atoms with van der Waals surface area (Å²) < 4.78 is 1.78. The van der Waals surface area contributed by atoms with Gasteiger partial charge < -0.3 is 10.0 Å². The first-order valence-electron chi connectivity index (χ1n) is 10.0. The van der Waals surface area contributed by atoms with Crippen LogP contribution < -0.4 is 0 Å². The van der Waals surface area contributed by atoms with Crippen molar-refractivity contribution in [2.75, 3.05) is 6.61 Å². The maximum Gasteiger partial charge on any atom is 0.275 e. The minimum absolute atomic E-state index is 0.00712. The third-order valence-corrected chi connectivity index (χ3v) is 6.76. The molecule has 2 aliphatic rings. The van der Waals surface area contributed by atoms with E-state index < -0.39 is 0 Å². The van der Waals surface area contributed by atoms with Gasteiger partial charge in [-0.25, -0.2) is 0 Å². The van der Waals surface area contributed by atoms with Gasteiger partial charge in [0.25, 0.3) is 5.91 Å². The molecule has 2 saturated heterocycles. The minimum atomic E-state index is -0.259. The van der Waals surface area contributed by atoms with Crippen LogP contribution in [0.4, 0.5) is 0 Å². The Bertz CT molecular complexity index is 1030. The summed E-state index contributed by atoms with van der Waals surface area (Å²) in [6, 6.07) is 18.4. The van der Waals surface area contributed by atoms with E-state index >= 15 is 0 Å². The second-order valence-electron chi connectivity index (χ2n) is 8.34. The molecule has 1 aromatic heterocycles. The molecule has 5 rings (SSSR count). The summed E-state index contributed by atoms with van der Waals surface area (Å²) in [7, 11) is 1.88. The highest BCUT2D eigenvalue weighted by molar-refractivity contribution is 6.05. The lowest BCUT2D eigenvalue weighted by atomic mass is 9.70. The Morgan fingerprint density at radius 3 is 2.68 bits per heavy atom. The van der Waals surface area contributed by atoms with E-state index in [0.29, 0.717) is 5.69 Å². The molecule has 1 N–H and O–H groups in total. The van der Waals surface area contributed by atoms with Crippen molar-refractivity contribution in [1.82, 2.24) is 14.7 Å². The zero-order valence-corrected chi connectivity index (χ0v) is 16.1. The first-order chi connectivity index (χ1) is 13.6. The predicted octanol–water partition coefficient (Wildman–Crippen LogP) is 3.17. The molecule has 2 aliphatic heterocycles. The summed E-state index contributed by atoms with van der Waals surface area (Å²) >= 11 is 0. The zero-order valence-electron chi connectivity index (χ0n) is 16.1. The number of carbonyl (C=O) groups excluding carboxylic acids is 1. The van der Waals surface area contributed by atoms with Crippen LogP contribution in [0.25, 0.3) is 10.9 Å². The molecule has 3 atom stereocenters. The van der Waals surface area contributed by atoms with Gasteiger partial charge in [0, 0.05) is 29.9 Å². The van der Waals surface area contributed by atoms with Crippen molar-refractivity contribution >= 4 is 16.8 Å². The van der Waals surface area contributed by atoms with Gasteiger partial charge in [0.15, 0.2) is 5.69 Å². The fraction of sp³-hybridized carbons (Fsp3) is 0.391. The number of fused-ring (bicyclic) bond motifs is 3. The second kappa shape index (κ2) is 6.45. The highest BCUT2D eigenvalue weighted by Gasteiger charge is 2.57. The van der Waals surface area contributed by atoms with E-state index in [2.05, 4.69) is 17.2 Å². The number of nitrogens with zero attached hydrogens (tertiary/aromatic N) is 3. The SMILES string of the molecule is Cn1nc(C(=O)N2[C@H]3CC[C@@H]2[C@@](CO)(Cc2ccccc2)C3)c2ccccc21. The Morgan fingerprint density at radius 2 is 1.89 bits per heavy atom. The fourth-order valence-electron chi connectivity index (χ4n) is 5.51. The number of aliphatic hydroxyl groups is 1. The first kappa shape index (κ1) is 17.4. The maximum absolute atomic E-state index is 13.6. The number of rotatable bonds is 4. The van der Waals surface area contributed by atoms with Crippen LogP contribution in [0.2, 0.25) is 0 Å². The van der Waals surface area contributed by atoms with Crippen molar-refractivity contribution in [3.8, 4) is 0 Å². The van der Waals surface area contributed by atoms with E-state index in [1.54, 1.807) is 4.68 Å². The number of carbonyl (C=O) groups is 1. The van der Waals surface area contributed by atoms with E-state index in [1.807, 2.05) is 54.4 Å². The molecular weight excluding hydrogens is 350 g/mol. The first-order valence-corrected chi connectivity index (χ1v) is 10.0. The van der Waals surface area contributed by atoms with Crippen molar-refractivity contribution in [3.05, 3.63) is 65.9 Å². The maximum atomic E-state index is 13.6. The van der Waals surface area contributed by atoms with E-state index in [-0.39, 0.29) is 30.0 Å². The molecule has 28 heavy (non-hydrogen) atoms. The Balaban J connectivity index is 1.50. The average Bonchev–Trinajstić information content (AvgIpc) is 3.38. The lowest BCUT2D eigenvalue weighted by Crippen LogP contribution is -2.44. The lowest BCUT2D eigenvalue weighted by Gasteiger charge is -2.36. The summed E-state index contributed by atoms with van der Waals surface area (Å²) in [6.45, 7) is 0.107. The van der Waals surface area contributed by atoms with Crippen molar-refractivity contribution in [1.29, 1.82) is 0 Å². The molecule has 0 saturated carbocycles. The molecule has 2 aromatic carbocycles. The molecule has 0 aliphatic carbocycles. The molecule has 2 bridgehead atoms. The van der Waals surface area contributed by atoms with Gasteiger partial charge in [-0.2, -0.15) is 5.10 Å². The monoisotopic (exact) mass is 375 g/mol. The molecular formula is C23H25N3O2. The van der Waals surface area contributed by atoms with Crippen LogP contribution in [-0.2, 0) is 13.5 Å². The Morgan fingerprint density at radius 1 is 1.14 bits per heavy atom. The minimum Gasteiger partial charge on any atom is -0.396 e. The average molecular weight is 375 g/mol. The topological polar surface area (TPSA) is 58.4 Å². The van der Waals surface area contributed by atoms with Gasteiger partial charge in [0.05, 0.1) is 12.1 Å². The summed E-state index contributed by atoms with van der Waals surface area (Å²) in [6.07, 6.45) is 3.63. The number of aryl methyl sites for hydroxylation is 1. The van der Waals surface area contributed by atoms with Gasteiger partial charge >= 0.3 is 0 Å². The van der Waals surface area contributed by atoms with Gasteiger partial charge in [0.1, 0.15) is 0 Å². The number of hydrogen-bond acceptors (Lipinski definition) is 3.